The number of ether oxygens (including phenoxy) is 1. The van der Waals surface area contributed by atoms with E-state index >= 15 is 0 Å². The number of piperidine rings is 1. The Morgan fingerprint density at radius 2 is 1.70 bits per heavy atom. The van der Waals surface area contributed by atoms with E-state index in [0.717, 1.165) is 19.3 Å². The number of hydrogen-bond donors (Lipinski definition) is 1. The van der Waals surface area contributed by atoms with Crippen LogP contribution in [0.15, 0.2) is 42.5 Å². The quantitative estimate of drug-likeness (QED) is 0.628. The number of carbonyl (C=O) groups excluding carboxylic acids is 2. The van der Waals surface area contributed by atoms with Crippen LogP contribution in [0.4, 0.5) is 5.69 Å². The summed E-state index contributed by atoms with van der Waals surface area (Å²) >= 11 is 12.0. The van der Waals surface area contributed by atoms with Gasteiger partial charge < -0.3 is 15.0 Å². The van der Waals surface area contributed by atoms with Crippen molar-refractivity contribution in [3.63, 3.8) is 0 Å². The van der Waals surface area contributed by atoms with Crippen molar-refractivity contribution in [2.24, 2.45) is 0 Å². The molecule has 1 fully saturated rings. The predicted octanol–water partition coefficient (Wildman–Crippen LogP) is 5.80. The maximum Gasteiger partial charge on any atom is 0.265 e. The summed E-state index contributed by atoms with van der Waals surface area (Å²) in [5.41, 5.74) is 1.21. The van der Waals surface area contributed by atoms with Gasteiger partial charge in [0.2, 0.25) is 0 Å². The summed E-state index contributed by atoms with van der Waals surface area (Å²) in [6, 6.07) is 12.2. The van der Waals surface area contributed by atoms with E-state index < -0.39 is 6.10 Å². The third kappa shape index (κ3) is 5.27. The molecule has 1 aliphatic heterocycles. The van der Waals surface area contributed by atoms with Crippen molar-refractivity contribution in [2.75, 3.05) is 5.32 Å². The Morgan fingerprint density at radius 1 is 1.07 bits per heavy atom. The molecule has 1 heterocycles. The molecule has 2 aromatic rings. The predicted molar refractivity (Wildman–Crippen MR) is 121 cm³/mol. The van der Waals surface area contributed by atoms with Gasteiger partial charge in [0.15, 0.2) is 6.10 Å². The Bertz CT molecular complexity index is 907. The first-order valence-corrected chi connectivity index (χ1v) is 10.9. The number of anilines is 1. The molecule has 0 aromatic heterocycles. The van der Waals surface area contributed by atoms with Crippen LogP contribution in [0.3, 0.4) is 0 Å². The number of halogens is 2. The highest BCUT2D eigenvalue weighted by atomic mass is 35.5. The van der Waals surface area contributed by atoms with Gasteiger partial charge in [-0.2, -0.15) is 0 Å². The Hall–Kier alpha value is -2.24. The molecule has 0 spiro atoms. The number of benzene rings is 2. The fourth-order valence-corrected chi connectivity index (χ4v) is 4.18. The second-order valence-corrected chi connectivity index (χ2v) is 8.59. The number of nitrogens with one attached hydrogen (secondary N) is 1. The zero-order valence-corrected chi connectivity index (χ0v) is 18.8. The lowest BCUT2D eigenvalue weighted by Gasteiger charge is -2.39. The Morgan fingerprint density at radius 3 is 2.30 bits per heavy atom. The topological polar surface area (TPSA) is 58.6 Å². The fourth-order valence-electron chi connectivity index (χ4n) is 3.73. The molecule has 0 saturated carbocycles. The van der Waals surface area contributed by atoms with Crippen LogP contribution < -0.4 is 10.1 Å². The van der Waals surface area contributed by atoms with Crippen LogP contribution in [0, 0.1) is 0 Å². The third-order valence-corrected chi connectivity index (χ3v) is 5.92. The Balaban J connectivity index is 1.62. The van der Waals surface area contributed by atoms with Gasteiger partial charge in [0.1, 0.15) is 5.75 Å². The highest BCUT2D eigenvalue weighted by Gasteiger charge is 2.29. The minimum atomic E-state index is -0.764. The Labute approximate surface area is 187 Å². The van der Waals surface area contributed by atoms with Crippen molar-refractivity contribution in [1.29, 1.82) is 0 Å². The first kappa shape index (κ1) is 22.4. The van der Waals surface area contributed by atoms with Crippen molar-refractivity contribution in [3.8, 4) is 5.75 Å². The molecule has 1 N–H and O–H groups in total. The maximum absolute atomic E-state index is 12.9. The molecule has 5 nitrogen and oxygen atoms in total. The second kappa shape index (κ2) is 9.71. The molecule has 3 rings (SSSR count). The second-order valence-electron chi connectivity index (χ2n) is 7.74. The van der Waals surface area contributed by atoms with Gasteiger partial charge in [-0.3, -0.25) is 9.59 Å². The zero-order valence-electron chi connectivity index (χ0n) is 17.3. The van der Waals surface area contributed by atoms with Gasteiger partial charge in [-0.15, -0.1) is 0 Å². The van der Waals surface area contributed by atoms with E-state index in [0.29, 0.717) is 27.0 Å². The minimum absolute atomic E-state index is 0.0293. The molecular formula is C23H26Cl2N2O3. The van der Waals surface area contributed by atoms with Crippen LogP contribution in [0.1, 0.15) is 50.4 Å². The van der Waals surface area contributed by atoms with Crippen LogP contribution in [-0.4, -0.2) is 34.9 Å². The van der Waals surface area contributed by atoms with Gasteiger partial charge >= 0.3 is 0 Å². The molecule has 2 amide bonds. The number of nitrogens with zero attached hydrogens (tertiary/aromatic N) is 1. The van der Waals surface area contributed by atoms with Gasteiger partial charge in [0.25, 0.3) is 11.8 Å². The monoisotopic (exact) mass is 448 g/mol. The SMILES string of the molecule is CC(Oc1ccc(Cl)cc1Cl)C(=O)Nc1ccc(C(=O)N2C(C)CCCC2C)cc1. The summed E-state index contributed by atoms with van der Waals surface area (Å²) in [6.07, 6.45) is 2.44. The third-order valence-electron chi connectivity index (χ3n) is 5.39. The molecule has 1 saturated heterocycles. The van der Waals surface area contributed by atoms with E-state index in [1.807, 2.05) is 4.90 Å². The average Bonchev–Trinajstić information content (AvgIpc) is 2.70. The van der Waals surface area contributed by atoms with Crippen LogP contribution in [0.25, 0.3) is 0 Å². The number of likely N-dealkylation sites (tertiary alicyclic amines) is 1. The van der Waals surface area contributed by atoms with Crippen molar-refractivity contribution >= 4 is 40.7 Å². The van der Waals surface area contributed by atoms with Crippen molar-refractivity contribution in [1.82, 2.24) is 4.90 Å². The zero-order chi connectivity index (χ0) is 21.8. The largest absolute Gasteiger partial charge is 0.479 e. The van der Waals surface area contributed by atoms with Gasteiger partial charge in [-0.05, 0) is 82.5 Å². The average molecular weight is 449 g/mol. The lowest BCUT2D eigenvalue weighted by atomic mass is 9.96. The van der Waals surface area contributed by atoms with Crippen molar-refractivity contribution < 1.29 is 14.3 Å². The normalized spacial score (nSPS) is 19.8. The van der Waals surface area contributed by atoms with E-state index in [1.54, 1.807) is 49.4 Å². The molecule has 0 bridgehead atoms. The van der Waals surface area contributed by atoms with E-state index in [9.17, 15) is 9.59 Å². The molecule has 160 valence electrons. The van der Waals surface area contributed by atoms with Crippen LogP contribution in [-0.2, 0) is 4.79 Å². The molecule has 0 aliphatic carbocycles. The summed E-state index contributed by atoms with van der Waals surface area (Å²) in [7, 11) is 0. The molecule has 7 heteroatoms. The highest BCUT2D eigenvalue weighted by Crippen LogP contribution is 2.29. The summed E-state index contributed by atoms with van der Waals surface area (Å²) in [6.45, 7) is 5.82. The first-order valence-electron chi connectivity index (χ1n) is 10.1. The minimum Gasteiger partial charge on any atom is -0.479 e. The van der Waals surface area contributed by atoms with E-state index in [2.05, 4.69) is 19.2 Å². The molecule has 1 aliphatic rings. The summed E-state index contributed by atoms with van der Waals surface area (Å²) < 4.78 is 5.64. The molecule has 0 radical (unpaired) electrons. The van der Waals surface area contributed by atoms with Crippen molar-refractivity contribution in [3.05, 3.63) is 58.1 Å². The van der Waals surface area contributed by atoms with E-state index in [-0.39, 0.29) is 23.9 Å². The molecule has 2 aromatic carbocycles. The number of rotatable bonds is 5. The highest BCUT2D eigenvalue weighted by molar-refractivity contribution is 6.35. The standard InChI is InChI=1S/C23H26Cl2N2O3/c1-14-5-4-6-15(2)27(14)23(29)17-7-10-19(11-8-17)26-22(28)16(3)30-21-12-9-18(24)13-20(21)25/h7-16H,4-6H2,1-3H3,(H,26,28). The fraction of sp³-hybridized carbons (Fsp3) is 0.391. The van der Waals surface area contributed by atoms with Crippen LogP contribution >= 0.6 is 23.2 Å². The van der Waals surface area contributed by atoms with Crippen LogP contribution in [0.5, 0.6) is 5.75 Å². The molecule has 3 atom stereocenters. The van der Waals surface area contributed by atoms with Gasteiger partial charge in [0.05, 0.1) is 5.02 Å². The smallest absolute Gasteiger partial charge is 0.265 e. The van der Waals surface area contributed by atoms with Gasteiger partial charge in [-0.25, -0.2) is 0 Å². The lowest BCUT2D eigenvalue weighted by molar-refractivity contribution is -0.122. The Kier molecular flexibility index (Phi) is 7.27. The van der Waals surface area contributed by atoms with Gasteiger partial charge in [-0.1, -0.05) is 23.2 Å². The van der Waals surface area contributed by atoms with E-state index in [1.165, 1.54) is 0 Å². The first-order chi connectivity index (χ1) is 14.3. The van der Waals surface area contributed by atoms with Crippen molar-refractivity contribution in [2.45, 2.75) is 58.2 Å². The molecular weight excluding hydrogens is 423 g/mol. The summed E-state index contributed by atoms with van der Waals surface area (Å²) in [5, 5.41) is 3.63. The molecule has 3 unspecified atom stereocenters. The summed E-state index contributed by atoms with van der Waals surface area (Å²) in [4.78, 5) is 27.3. The van der Waals surface area contributed by atoms with Crippen LogP contribution in [0.2, 0.25) is 10.0 Å². The maximum atomic E-state index is 12.9. The number of carbonyl (C=O) groups is 2. The molecule has 30 heavy (non-hydrogen) atoms. The summed E-state index contributed by atoms with van der Waals surface area (Å²) in [5.74, 6) is 0.0921. The lowest BCUT2D eigenvalue weighted by Crippen LogP contribution is -2.47. The number of amides is 2. The number of hydrogen-bond acceptors (Lipinski definition) is 3. The van der Waals surface area contributed by atoms with Gasteiger partial charge in [0, 0.05) is 28.4 Å². The van der Waals surface area contributed by atoms with E-state index in [4.69, 9.17) is 27.9 Å².